The van der Waals surface area contributed by atoms with Crippen LogP contribution in [0.3, 0.4) is 0 Å². The van der Waals surface area contributed by atoms with Crippen LogP contribution in [0.4, 0.5) is 0 Å². The van der Waals surface area contributed by atoms with Gasteiger partial charge in [-0.25, -0.2) is 0 Å². The second-order valence-electron chi connectivity index (χ2n) is 12.9. The Labute approximate surface area is 203 Å². The third-order valence-electron chi connectivity index (χ3n) is 11.8. The van der Waals surface area contributed by atoms with Gasteiger partial charge in [-0.15, -0.1) is 0 Å². The average molecular weight is 481 g/mol. The number of nitrogens with zero attached hydrogens (tertiary/aromatic N) is 2. The van der Waals surface area contributed by atoms with Crippen LogP contribution in [0.15, 0.2) is 0 Å². The van der Waals surface area contributed by atoms with Crippen molar-refractivity contribution in [3.05, 3.63) is 0 Å². The van der Waals surface area contributed by atoms with Gasteiger partial charge in [0.15, 0.2) is 0 Å². The summed E-state index contributed by atoms with van der Waals surface area (Å²) in [4.78, 5) is 5.60. The zero-order valence-electron chi connectivity index (χ0n) is 20.7. The normalized spacial score (nSPS) is 47.2. The quantitative estimate of drug-likeness (QED) is 0.389. The standard InChI is InChI=1S/C26H44N2O2S2/c1-23(2)19-13-21(27-5-9-29-10-6-27)25(23,15-19)17-31-32-18-26-16-20(24(26,3)4)14-22(26)28-7-11-30-12-8-28/h19-22H,5-18H2,1-4H3. The smallest absolute Gasteiger partial charge is 0.0594 e. The van der Waals surface area contributed by atoms with Gasteiger partial charge in [0, 0.05) is 60.6 Å². The molecule has 0 aromatic heterocycles. The van der Waals surface area contributed by atoms with Crippen LogP contribution in [0.5, 0.6) is 0 Å². The van der Waals surface area contributed by atoms with E-state index in [2.05, 4.69) is 59.1 Å². The van der Waals surface area contributed by atoms with Gasteiger partial charge in [-0.05, 0) is 48.3 Å². The van der Waals surface area contributed by atoms with Crippen LogP contribution >= 0.6 is 21.6 Å². The minimum absolute atomic E-state index is 0.506. The fraction of sp³-hybridized carbons (Fsp3) is 1.00. The Hall–Kier alpha value is 0.540. The van der Waals surface area contributed by atoms with Crippen LogP contribution in [-0.4, -0.2) is 86.0 Å². The molecule has 0 aromatic rings. The second kappa shape index (κ2) is 8.03. The van der Waals surface area contributed by atoms with E-state index in [1.54, 1.807) is 0 Å². The lowest BCUT2D eigenvalue weighted by molar-refractivity contribution is -0.0816. The van der Waals surface area contributed by atoms with Crippen LogP contribution in [0.2, 0.25) is 0 Å². The van der Waals surface area contributed by atoms with E-state index in [9.17, 15) is 0 Å². The highest BCUT2D eigenvalue weighted by molar-refractivity contribution is 8.76. The molecule has 4 nitrogen and oxygen atoms in total. The molecular formula is C26H44N2O2S2. The summed E-state index contributed by atoms with van der Waals surface area (Å²) >= 11 is 0. The Morgan fingerprint density at radius 3 is 1.38 bits per heavy atom. The molecule has 0 radical (unpaired) electrons. The molecular weight excluding hydrogens is 436 g/mol. The van der Waals surface area contributed by atoms with Gasteiger partial charge in [-0.2, -0.15) is 0 Å². The van der Waals surface area contributed by atoms with E-state index in [0.29, 0.717) is 21.7 Å². The molecule has 32 heavy (non-hydrogen) atoms. The van der Waals surface area contributed by atoms with Gasteiger partial charge >= 0.3 is 0 Å². The fourth-order valence-electron chi connectivity index (χ4n) is 9.09. The maximum Gasteiger partial charge on any atom is 0.0594 e. The lowest BCUT2D eigenvalue weighted by atomic mass is 9.51. The van der Waals surface area contributed by atoms with Gasteiger partial charge in [0.1, 0.15) is 0 Å². The summed E-state index contributed by atoms with van der Waals surface area (Å²) in [5.41, 5.74) is 2.04. The molecule has 0 spiro atoms. The van der Waals surface area contributed by atoms with Crippen molar-refractivity contribution in [1.29, 1.82) is 0 Å². The van der Waals surface area contributed by atoms with Crippen molar-refractivity contribution in [1.82, 2.24) is 9.80 Å². The molecule has 6 aliphatic carbocycles. The summed E-state index contributed by atoms with van der Waals surface area (Å²) < 4.78 is 11.4. The summed E-state index contributed by atoms with van der Waals surface area (Å²) in [6.45, 7) is 18.6. The molecule has 2 saturated heterocycles. The van der Waals surface area contributed by atoms with Crippen LogP contribution < -0.4 is 0 Å². The fourth-order valence-corrected chi connectivity index (χ4v) is 12.8. The largest absolute Gasteiger partial charge is 0.379 e. The third kappa shape index (κ3) is 3.05. The van der Waals surface area contributed by atoms with Gasteiger partial charge in [0.2, 0.25) is 0 Å². The van der Waals surface area contributed by atoms with E-state index in [1.165, 1.54) is 37.2 Å². The Bertz CT molecular complexity index is 661. The van der Waals surface area contributed by atoms with E-state index < -0.39 is 0 Å². The highest BCUT2D eigenvalue weighted by Crippen LogP contribution is 2.75. The van der Waals surface area contributed by atoms with Gasteiger partial charge in [-0.1, -0.05) is 49.3 Å². The van der Waals surface area contributed by atoms with Gasteiger partial charge < -0.3 is 9.47 Å². The Kier molecular flexibility index (Phi) is 5.76. The second-order valence-corrected chi connectivity index (χ2v) is 15.3. The summed E-state index contributed by atoms with van der Waals surface area (Å²) in [5, 5.41) is 0. The van der Waals surface area contributed by atoms with Crippen molar-refractivity contribution in [3.8, 4) is 0 Å². The van der Waals surface area contributed by atoms with Gasteiger partial charge in [-0.3, -0.25) is 9.80 Å². The molecule has 8 aliphatic rings. The summed E-state index contributed by atoms with van der Waals surface area (Å²) in [5.74, 6) is 4.55. The maximum absolute atomic E-state index is 5.68. The third-order valence-corrected chi connectivity index (χ3v) is 14.4. The van der Waals surface area contributed by atoms with Crippen LogP contribution in [0.1, 0.15) is 53.4 Å². The van der Waals surface area contributed by atoms with E-state index in [4.69, 9.17) is 9.47 Å². The van der Waals surface area contributed by atoms with Crippen molar-refractivity contribution in [3.63, 3.8) is 0 Å². The first-order chi connectivity index (χ1) is 15.3. The van der Waals surface area contributed by atoms with Crippen molar-refractivity contribution in [2.24, 2.45) is 33.5 Å². The van der Waals surface area contributed by atoms with Crippen molar-refractivity contribution >= 4 is 21.6 Å². The Balaban J connectivity index is 1.11. The first-order valence-corrected chi connectivity index (χ1v) is 15.7. The van der Waals surface area contributed by atoms with E-state index >= 15 is 0 Å². The average Bonchev–Trinajstić information content (AvgIpc) is 3.51. The highest BCUT2D eigenvalue weighted by atomic mass is 33.1. The number of rotatable bonds is 7. The van der Waals surface area contributed by atoms with Gasteiger partial charge in [0.25, 0.3) is 0 Å². The van der Waals surface area contributed by atoms with E-state index in [1.807, 2.05) is 0 Å². The molecule has 0 aromatic carbocycles. The molecule has 2 heterocycles. The van der Waals surface area contributed by atoms with Crippen LogP contribution in [0, 0.1) is 33.5 Å². The minimum atomic E-state index is 0.506. The molecule has 182 valence electrons. The Morgan fingerprint density at radius 1 is 0.656 bits per heavy atom. The monoisotopic (exact) mass is 480 g/mol. The minimum Gasteiger partial charge on any atom is -0.379 e. The van der Waals surface area contributed by atoms with Crippen molar-refractivity contribution in [2.45, 2.75) is 65.5 Å². The van der Waals surface area contributed by atoms with Crippen molar-refractivity contribution in [2.75, 3.05) is 64.1 Å². The Morgan fingerprint density at radius 2 is 1.03 bits per heavy atom. The number of ether oxygens (including phenoxy) is 2. The zero-order chi connectivity index (χ0) is 22.2. The van der Waals surface area contributed by atoms with E-state index in [-0.39, 0.29) is 0 Å². The van der Waals surface area contributed by atoms with Crippen molar-refractivity contribution < 1.29 is 9.47 Å². The SMILES string of the molecule is CC1(C)C2CC(N3CCOCC3)C1(CSSCC13CC(CC1N1CCOCC1)C3(C)C)C2. The number of fused-ring (bicyclic) bond motifs is 2. The zero-order valence-corrected chi connectivity index (χ0v) is 22.4. The number of morpholine rings is 2. The number of hydrogen-bond acceptors (Lipinski definition) is 6. The topological polar surface area (TPSA) is 24.9 Å². The lowest BCUT2D eigenvalue weighted by Gasteiger charge is -2.59. The highest BCUT2D eigenvalue weighted by Gasteiger charge is 2.71. The summed E-state index contributed by atoms with van der Waals surface area (Å²) in [6, 6.07) is 1.57. The molecule has 6 heteroatoms. The summed E-state index contributed by atoms with van der Waals surface area (Å²) in [6.07, 6.45) is 5.78. The molecule has 0 N–H and O–H groups in total. The van der Waals surface area contributed by atoms with Gasteiger partial charge in [0.05, 0.1) is 26.4 Å². The molecule has 6 unspecified atom stereocenters. The molecule has 2 aliphatic heterocycles. The summed E-state index contributed by atoms with van der Waals surface area (Å²) in [7, 11) is 4.46. The van der Waals surface area contributed by atoms with E-state index in [0.717, 1.165) is 76.5 Å². The molecule has 6 atom stereocenters. The predicted octanol–water partition coefficient (Wildman–Crippen LogP) is 4.64. The first kappa shape index (κ1) is 23.0. The number of hydrogen-bond donors (Lipinski definition) is 0. The maximum atomic E-state index is 5.68. The molecule has 8 fully saturated rings. The lowest BCUT2D eigenvalue weighted by Crippen LogP contribution is -2.59. The molecule has 6 saturated carbocycles. The first-order valence-electron chi connectivity index (χ1n) is 13.2. The molecule has 4 bridgehead atoms. The van der Waals surface area contributed by atoms with Crippen LogP contribution in [0.25, 0.3) is 0 Å². The molecule has 0 amide bonds. The predicted molar refractivity (Wildman–Crippen MR) is 135 cm³/mol. The molecule has 8 rings (SSSR count). The van der Waals surface area contributed by atoms with Crippen LogP contribution in [-0.2, 0) is 9.47 Å².